The summed E-state index contributed by atoms with van der Waals surface area (Å²) in [6.45, 7) is 5.33. The summed E-state index contributed by atoms with van der Waals surface area (Å²) in [5.41, 5.74) is -0.120. The van der Waals surface area contributed by atoms with E-state index in [1.165, 1.54) is 11.3 Å². The molecule has 86 valence electrons. The molecular formula is C10H16ClNO2S. The number of aromatic nitrogens is 1. The molecule has 0 atom stereocenters. The topological polar surface area (TPSA) is 31.4 Å². The van der Waals surface area contributed by atoms with E-state index in [-0.39, 0.29) is 5.60 Å². The molecule has 0 aliphatic rings. The number of hydrogen-bond acceptors (Lipinski definition) is 4. The van der Waals surface area contributed by atoms with E-state index >= 15 is 0 Å². The average molecular weight is 250 g/mol. The molecule has 0 unspecified atom stereocenters. The van der Waals surface area contributed by atoms with Crippen LogP contribution in [0.3, 0.4) is 0 Å². The smallest absolute Gasteiger partial charge is 0.183 e. The monoisotopic (exact) mass is 249 g/mol. The van der Waals surface area contributed by atoms with Gasteiger partial charge in [0.1, 0.15) is 0 Å². The first-order chi connectivity index (χ1) is 7.03. The molecule has 0 saturated carbocycles. The van der Waals surface area contributed by atoms with Crippen molar-refractivity contribution >= 4 is 22.9 Å². The van der Waals surface area contributed by atoms with Crippen molar-refractivity contribution in [2.75, 3.05) is 13.7 Å². The molecule has 1 heterocycles. The lowest BCUT2D eigenvalue weighted by Crippen LogP contribution is -2.24. The molecule has 0 fully saturated rings. The number of thiazole rings is 1. The molecular weight excluding hydrogens is 234 g/mol. The summed E-state index contributed by atoms with van der Waals surface area (Å²) in [6, 6.07) is 0. The third-order valence-corrected chi connectivity index (χ3v) is 3.26. The molecule has 0 aromatic carbocycles. The Balaban J connectivity index is 2.17. The van der Waals surface area contributed by atoms with Crippen LogP contribution >= 0.6 is 22.9 Å². The highest BCUT2D eigenvalue weighted by molar-refractivity contribution is 7.15. The van der Waals surface area contributed by atoms with E-state index in [9.17, 15) is 0 Å². The quantitative estimate of drug-likeness (QED) is 0.726. The average Bonchev–Trinajstić information content (AvgIpc) is 2.59. The second-order valence-electron chi connectivity index (χ2n) is 3.85. The van der Waals surface area contributed by atoms with Crippen LogP contribution in [0.25, 0.3) is 0 Å². The summed E-state index contributed by atoms with van der Waals surface area (Å²) in [5.74, 6) is 0. The number of nitrogens with zero attached hydrogens (tertiary/aromatic N) is 1. The molecule has 0 amide bonds. The standard InChI is InChI=1S/C10H16ClNO2S/c1-10(2,13-3)4-5-14-7-8-6-12-9(11)15-8/h6H,4-5,7H2,1-3H3. The van der Waals surface area contributed by atoms with Crippen LogP contribution in [0.2, 0.25) is 4.47 Å². The van der Waals surface area contributed by atoms with Gasteiger partial charge in [0, 0.05) is 19.9 Å². The lowest BCUT2D eigenvalue weighted by Gasteiger charge is -2.22. The van der Waals surface area contributed by atoms with Gasteiger partial charge in [-0.25, -0.2) is 4.98 Å². The zero-order valence-electron chi connectivity index (χ0n) is 9.25. The molecule has 5 heteroatoms. The van der Waals surface area contributed by atoms with Crippen LogP contribution in [-0.2, 0) is 16.1 Å². The Morgan fingerprint density at radius 2 is 2.27 bits per heavy atom. The van der Waals surface area contributed by atoms with Crippen LogP contribution in [0, 0.1) is 0 Å². The molecule has 1 aromatic heterocycles. The first-order valence-corrected chi connectivity index (χ1v) is 5.96. The molecule has 3 nitrogen and oxygen atoms in total. The van der Waals surface area contributed by atoms with Crippen LogP contribution in [0.1, 0.15) is 25.1 Å². The zero-order chi connectivity index (χ0) is 11.3. The van der Waals surface area contributed by atoms with Gasteiger partial charge in [0.15, 0.2) is 4.47 Å². The van der Waals surface area contributed by atoms with Crippen molar-refractivity contribution in [1.29, 1.82) is 0 Å². The van der Waals surface area contributed by atoms with Crippen molar-refractivity contribution in [3.05, 3.63) is 15.5 Å². The number of methoxy groups -OCH3 is 1. The summed E-state index contributed by atoms with van der Waals surface area (Å²) in [4.78, 5) is 4.99. The molecule has 0 spiro atoms. The van der Waals surface area contributed by atoms with Crippen LogP contribution in [0.5, 0.6) is 0 Å². The van der Waals surface area contributed by atoms with E-state index in [0.29, 0.717) is 17.7 Å². The summed E-state index contributed by atoms with van der Waals surface area (Å²) < 4.78 is 11.3. The number of ether oxygens (including phenoxy) is 2. The van der Waals surface area contributed by atoms with Gasteiger partial charge in [0.25, 0.3) is 0 Å². The summed E-state index contributed by atoms with van der Waals surface area (Å²) in [7, 11) is 1.71. The van der Waals surface area contributed by atoms with Crippen LogP contribution in [-0.4, -0.2) is 24.3 Å². The minimum Gasteiger partial charge on any atom is -0.379 e. The SMILES string of the molecule is COC(C)(C)CCOCc1cnc(Cl)s1. The van der Waals surface area contributed by atoms with Crippen molar-refractivity contribution in [3.63, 3.8) is 0 Å². The van der Waals surface area contributed by atoms with Gasteiger partial charge in [0.2, 0.25) is 0 Å². The van der Waals surface area contributed by atoms with Crippen LogP contribution in [0.15, 0.2) is 6.20 Å². The Labute approximate surface area is 99.4 Å². The first kappa shape index (κ1) is 12.9. The van der Waals surface area contributed by atoms with E-state index in [1.54, 1.807) is 13.3 Å². The minimum absolute atomic E-state index is 0.120. The molecule has 1 rings (SSSR count). The van der Waals surface area contributed by atoms with Gasteiger partial charge >= 0.3 is 0 Å². The zero-order valence-corrected chi connectivity index (χ0v) is 10.8. The van der Waals surface area contributed by atoms with Gasteiger partial charge in [-0.1, -0.05) is 11.6 Å². The normalized spacial score (nSPS) is 12.0. The third kappa shape index (κ3) is 4.93. The lowest BCUT2D eigenvalue weighted by molar-refractivity contribution is -0.0121. The maximum Gasteiger partial charge on any atom is 0.183 e. The largest absolute Gasteiger partial charge is 0.379 e. The van der Waals surface area contributed by atoms with E-state index in [2.05, 4.69) is 4.98 Å². The van der Waals surface area contributed by atoms with E-state index in [1.807, 2.05) is 13.8 Å². The van der Waals surface area contributed by atoms with Gasteiger partial charge in [-0.15, -0.1) is 11.3 Å². The van der Waals surface area contributed by atoms with E-state index < -0.39 is 0 Å². The summed E-state index contributed by atoms with van der Waals surface area (Å²) in [5, 5.41) is 0. The lowest BCUT2D eigenvalue weighted by atomic mass is 10.1. The van der Waals surface area contributed by atoms with Crippen molar-refractivity contribution in [3.8, 4) is 0 Å². The fraction of sp³-hybridized carbons (Fsp3) is 0.700. The fourth-order valence-corrected chi connectivity index (χ4v) is 1.86. The van der Waals surface area contributed by atoms with Crippen molar-refractivity contribution in [2.24, 2.45) is 0 Å². The molecule has 0 N–H and O–H groups in total. The minimum atomic E-state index is -0.120. The molecule has 15 heavy (non-hydrogen) atoms. The predicted molar refractivity (Wildman–Crippen MR) is 62.5 cm³/mol. The Bertz CT molecular complexity index is 301. The van der Waals surface area contributed by atoms with Gasteiger partial charge in [0.05, 0.1) is 17.1 Å². The number of halogens is 1. The molecule has 0 saturated heterocycles. The highest BCUT2D eigenvalue weighted by atomic mass is 35.5. The Kier molecular flexibility index (Phi) is 4.99. The molecule has 0 aliphatic carbocycles. The Morgan fingerprint density at radius 1 is 1.53 bits per heavy atom. The maximum atomic E-state index is 5.70. The summed E-state index contributed by atoms with van der Waals surface area (Å²) >= 11 is 7.15. The predicted octanol–water partition coefficient (Wildman–Crippen LogP) is 3.13. The van der Waals surface area contributed by atoms with Crippen molar-refractivity contribution in [1.82, 2.24) is 4.98 Å². The molecule has 0 radical (unpaired) electrons. The Hall–Kier alpha value is -0.160. The second-order valence-corrected chi connectivity index (χ2v) is 5.54. The van der Waals surface area contributed by atoms with Crippen molar-refractivity contribution in [2.45, 2.75) is 32.5 Å². The van der Waals surface area contributed by atoms with Gasteiger partial charge in [-0.3, -0.25) is 0 Å². The number of rotatable bonds is 6. The first-order valence-electron chi connectivity index (χ1n) is 4.76. The van der Waals surface area contributed by atoms with Gasteiger partial charge in [-0.05, 0) is 20.3 Å². The van der Waals surface area contributed by atoms with Crippen molar-refractivity contribution < 1.29 is 9.47 Å². The Morgan fingerprint density at radius 3 is 2.80 bits per heavy atom. The molecule has 0 aliphatic heterocycles. The highest BCUT2D eigenvalue weighted by Crippen LogP contribution is 2.19. The van der Waals surface area contributed by atoms with Crippen LogP contribution in [0.4, 0.5) is 0 Å². The maximum absolute atomic E-state index is 5.70. The highest BCUT2D eigenvalue weighted by Gasteiger charge is 2.15. The summed E-state index contributed by atoms with van der Waals surface area (Å²) in [6.07, 6.45) is 2.62. The van der Waals surface area contributed by atoms with Crippen LogP contribution < -0.4 is 0 Å². The molecule has 1 aromatic rings. The van der Waals surface area contributed by atoms with E-state index in [0.717, 1.165) is 11.3 Å². The van der Waals surface area contributed by atoms with Gasteiger partial charge in [-0.2, -0.15) is 0 Å². The molecule has 0 bridgehead atoms. The second kappa shape index (κ2) is 5.80. The number of hydrogen-bond donors (Lipinski definition) is 0. The fourth-order valence-electron chi connectivity index (χ4n) is 0.943. The third-order valence-electron chi connectivity index (χ3n) is 2.17. The van der Waals surface area contributed by atoms with E-state index in [4.69, 9.17) is 21.1 Å². The van der Waals surface area contributed by atoms with Gasteiger partial charge < -0.3 is 9.47 Å².